The van der Waals surface area contributed by atoms with Crippen molar-refractivity contribution in [2.45, 2.75) is 0 Å². The lowest BCUT2D eigenvalue weighted by Crippen LogP contribution is -2.14. The molecule has 1 N–H and O–H groups in total. The van der Waals surface area contributed by atoms with Gasteiger partial charge in [-0.2, -0.15) is 0 Å². The summed E-state index contributed by atoms with van der Waals surface area (Å²) < 4.78 is 5.76. The Morgan fingerprint density at radius 2 is 1.77 bits per heavy atom. The van der Waals surface area contributed by atoms with E-state index < -0.39 is 0 Å². The molecule has 0 radical (unpaired) electrons. The summed E-state index contributed by atoms with van der Waals surface area (Å²) in [6.07, 6.45) is 7.47. The maximum Gasteiger partial charge on any atom is 0.276 e. The van der Waals surface area contributed by atoms with Crippen molar-refractivity contribution < 1.29 is 9.53 Å². The van der Waals surface area contributed by atoms with Crippen molar-refractivity contribution in [3.63, 3.8) is 0 Å². The zero-order valence-electron chi connectivity index (χ0n) is 11.5. The third-order valence-electron chi connectivity index (χ3n) is 2.80. The Bertz CT molecular complexity index is 763. The molecule has 0 spiro atoms. The number of hydrogen-bond donors (Lipinski definition) is 1. The van der Waals surface area contributed by atoms with E-state index in [2.05, 4.69) is 20.3 Å². The summed E-state index contributed by atoms with van der Waals surface area (Å²) in [6, 6.07) is 11.0. The number of anilines is 1. The molecule has 0 saturated heterocycles. The molecule has 2 heterocycles. The van der Waals surface area contributed by atoms with Crippen LogP contribution in [0.4, 0.5) is 5.69 Å². The highest BCUT2D eigenvalue weighted by molar-refractivity contribution is 6.03. The Morgan fingerprint density at radius 1 is 0.955 bits per heavy atom. The van der Waals surface area contributed by atoms with E-state index in [1.165, 1.54) is 24.8 Å². The molecule has 1 amide bonds. The predicted octanol–water partition coefficient (Wildman–Crippen LogP) is 2.92. The van der Waals surface area contributed by atoms with Crippen LogP contribution in [0.2, 0.25) is 0 Å². The van der Waals surface area contributed by atoms with Crippen molar-refractivity contribution in [3.05, 3.63) is 73.1 Å². The van der Waals surface area contributed by atoms with Gasteiger partial charge in [0, 0.05) is 24.7 Å². The van der Waals surface area contributed by atoms with E-state index in [-0.39, 0.29) is 11.6 Å². The fraction of sp³-hybridized carbons (Fsp3) is 0. The van der Waals surface area contributed by atoms with Crippen molar-refractivity contribution in [1.82, 2.24) is 15.0 Å². The first kappa shape index (κ1) is 13.7. The molecule has 0 fully saturated rings. The highest BCUT2D eigenvalue weighted by Crippen LogP contribution is 2.28. The number of para-hydroxylation sites is 1. The van der Waals surface area contributed by atoms with Gasteiger partial charge in [0.25, 0.3) is 5.91 Å². The van der Waals surface area contributed by atoms with Crippen molar-refractivity contribution >= 4 is 11.6 Å². The summed E-state index contributed by atoms with van der Waals surface area (Å²) >= 11 is 0. The van der Waals surface area contributed by atoms with Crippen LogP contribution in [0.1, 0.15) is 10.5 Å². The molecule has 22 heavy (non-hydrogen) atoms. The van der Waals surface area contributed by atoms with Crippen LogP contribution in [0, 0.1) is 0 Å². The number of aromatic nitrogens is 3. The fourth-order valence-electron chi connectivity index (χ4n) is 1.78. The second kappa shape index (κ2) is 6.45. The predicted molar refractivity (Wildman–Crippen MR) is 80.7 cm³/mol. The fourth-order valence-corrected chi connectivity index (χ4v) is 1.78. The highest BCUT2D eigenvalue weighted by Gasteiger charge is 2.11. The van der Waals surface area contributed by atoms with Gasteiger partial charge >= 0.3 is 0 Å². The van der Waals surface area contributed by atoms with Crippen molar-refractivity contribution in [1.29, 1.82) is 0 Å². The largest absolute Gasteiger partial charge is 0.455 e. The van der Waals surface area contributed by atoms with Crippen LogP contribution in [0.5, 0.6) is 11.5 Å². The van der Waals surface area contributed by atoms with Crippen LogP contribution in [0.25, 0.3) is 0 Å². The minimum Gasteiger partial charge on any atom is -0.455 e. The van der Waals surface area contributed by atoms with Crippen LogP contribution in [0.15, 0.2) is 67.4 Å². The molecule has 0 unspecified atom stereocenters. The van der Waals surface area contributed by atoms with Gasteiger partial charge in [0.15, 0.2) is 5.75 Å². The lowest BCUT2D eigenvalue weighted by molar-refractivity contribution is 0.102. The van der Waals surface area contributed by atoms with Gasteiger partial charge in [0.2, 0.25) is 0 Å². The molecule has 0 aliphatic heterocycles. The Balaban J connectivity index is 1.81. The molecule has 6 nitrogen and oxygen atoms in total. The number of ether oxygens (including phenoxy) is 1. The number of hydrogen-bond acceptors (Lipinski definition) is 5. The van der Waals surface area contributed by atoms with E-state index in [0.29, 0.717) is 17.2 Å². The Kier molecular flexibility index (Phi) is 4.01. The van der Waals surface area contributed by atoms with Gasteiger partial charge in [-0.05, 0) is 12.1 Å². The molecular formula is C16H12N4O2. The maximum atomic E-state index is 12.1. The van der Waals surface area contributed by atoms with Crippen molar-refractivity contribution in [2.75, 3.05) is 5.32 Å². The molecule has 0 aliphatic rings. The molecule has 1 aromatic carbocycles. The molecule has 0 atom stereocenters. The highest BCUT2D eigenvalue weighted by atomic mass is 16.5. The summed E-state index contributed by atoms with van der Waals surface area (Å²) in [6.45, 7) is 0. The lowest BCUT2D eigenvalue weighted by Gasteiger charge is -2.11. The second-order valence-electron chi connectivity index (χ2n) is 4.33. The SMILES string of the molecule is O=C(Nc1cnccc1Oc1ccccc1)c1cnccn1. The van der Waals surface area contributed by atoms with Crippen molar-refractivity contribution in [3.8, 4) is 11.5 Å². The van der Waals surface area contributed by atoms with Gasteiger partial charge in [-0.15, -0.1) is 0 Å². The van der Waals surface area contributed by atoms with Gasteiger partial charge < -0.3 is 10.1 Å². The minimum atomic E-state index is -0.376. The van der Waals surface area contributed by atoms with Crippen LogP contribution in [0.3, 0.4) is 0 Å². The number of nitrogens with zero attached hydrogens (tertiary/aromatic N) is 3. The third kappa shape index (κ3) is 3.24. The molecular weight excluding hydrogens is 280 g/mol. The molecule has 0 bridgehead atoms. The van der Waals surface area contributed by atoms with Gasteiger partial charge in [-0.1, -0.05) is 18.2 Å². The monoisotopic (exact) mass is 292 g/mol. The summed E-state index contributed by atoms with van der Waals surface area (Å²) in [5.41, 5.74) is 0.680. The smallest absolute Gasteiger partial charge is 0.276 e. The number of carbonyl (C=O) groups excluding carboxylic acids is 1. The number of benzene rings is 1. The lowest BCUT2D eigenvalue weighted by atomic mass is 10.3. The van der Waals surface area contributed by atoms with Gasteiger partial charge in [-0.3, -0.25) is 14.8 Å². The maximum absolute atomic E-state index is 12.1. The Labute approximate surface area is 126 Å². The number of pyridine rings is 1. The summed E-state index contributed by atoms with van der Waals surface area (Å²) in [5, 5.41) is 2.72. The molecule has 0 aliphatic carbocycles. The second-order valence-corrected chi connectivity index (χ2v) is 4.33. The van der Waals surface area contributed by atoms with E-state index in [9.17, 15) is 4.79 Å². The topological polar surface area (TPSA) is 77.0 Å². The summed E-state index contributed by atoms with van der Waals surface area (Å²) in [7, 11) is 0. The Hall–Kier alpha value is -3.28. The molecule has 3 aromatic rings. The average Bonchev–Trinajstić information content (AvgIpc) is 2.58. The minimum absolute atomic E-state index is 0.219. The zero-order valence-corrected chi connectivity index (χ0v) is 11.5. The summed E-state index contributed by atoms with van der Waals surface area (Å²) in [5.74, 6) is 0.793. The van der Waals surface area contributed by atoms with E-state index in [1.807, 2.05) is 30.3 Å². The number of amides is 1. The molecule has 2 aromatic heterocycles. The first-order chi connectivity index (χ1) is 10.8. The first-order valence-electron chi connectivity index (χ1n) is 6.57. The van der Waals surface area contributed by atoms with Crippen LogP contribution >= 0.6 is 0 Å². The van der Waals surface area contributed by atoms with Crippen LogP contribution < -0.4 is 10.1 Å². The third-order valence-corrected chi connectivity index (χ3v) is 2.80. The number of carbonyl (C=O) groups is 1. The molecule has 6 heteroatoms. The average molecular weight is 292 g/mol. The molecule has 0 saturated carbocycles. The van der Waals surface area contributed by atoms with Crippen LogP contribution in [-0.2, 0) is 0 Å². The number of rotatable bonds is 4. The zero-order chi connectivity index (χ0) is 15.2. The number of nitrogens with one attached hydrogen (secondary N) is 1. The van der Waals surface area contributed by atoms with Gasteiger partial charge in [0.05, 0.1) is 12.4 Å². The molecule has 3 rings (SSSR count). The van der Waals surface area contributed by atoms with Gasteiger partial charge in [0.1, 0.15) is 17.1 Å². The van der Waals surface area contributed by atoms with Gasteiger partial charge in [-0.25, -0.2) is 4.98 Å². The normalized spacial score (nSPS) is 10.0. The quantitative estimate of drug-likeness (QED) is 0.800. The van der Waals surface area contributed by atoms with E-state index in [1.54, 1.807) is 12.3 Å². The molecule has 108 valence electrons. The van der Waals surface area contributed by atoms with Crippen molar-refractivity contribution in [2.24, 2.45) is 0 Å². The van der Waals surface area contributed by atoms with Crippen LogP contribution in [-0.4, -0.2) is 20.9 Å². The first-order valence-corrected chi connectivity index (χ1v) is 6.57. The van der Waals surface area contributed by atoms with E-state index >= 15 is 0 Å². The van der Waals surface area contributed by atoms with E-state index in [4.69, 9.17) is 4.74 Å². The Morgan fingerprint density at radius 3 is 2.55 bits per heavy atom. The van der Waals surface area contributed by atoms with E-state index in [0.717, 1.165) is 0 Å². The summed E-state index contributed by atoms with van der Waals surface area (Å²) in [4.78, 5) is 23.9. The standard InChI is InChI=1S/C16H12N4O2/c21-16(14-11-18-8-9-19-14)20-13-10-17-7-6-15(13)22-12-4-2-1-3-5-12/h1-11H,(H,20,21).